The molecule has 1 heterocycles. The number of hydrogen-bond acceptors (Lipinski definition) is 2. The number of azide groups is 1. The Morgan fingerprint density at radius 3 is 3.12 bits per heavy atom. The van der Waals surface area contributed by atoms with E-state index in [4.69, 9.17) is 10.3 Å². The number of benzene rings is 1. The van der Waals surface area contributed by atoms with Gasteiger partial charge >= 0.3 is 0 Å². The summed E-state index contributed by atoms with van der Waals surface area (Å²) in [6.45, 7) is 2.62. The van der Waals surface area contributed by atoms with Gasteiger partial charge in [-0.25, -0.2) is 0 Å². The summed E-state index contributed by atoms with van der Waals surface area (Å²) in [7, 11) is 0. The smallest absolute Gasteiger partial charge is 0.126 e. The van der Waals surface area contributed by atoms with E-state index in [2.05, 4.69) is 23.0 Å². The minimum absolute atomic E-state index is 0.0346. The van der Waals surface area contributed by atoms with E-state index in [0.29, 0.717) is 6.54 Å². The predicted molar refractivity (Wildman–Crippen MR) is 65.3 cm³/mol. The monoisotopic (exact) mass is 229 g/mol. The third-order valence-corrected chi connectivity index (χ3v) is 3.73. The zero-order valence-electron chi connectivity index (χ0n) is 9.94. The van der Waals surface area contributed by atoms with E-state index in [1.807, 2.05) is 0 Å². The van der Waals surface area contributed by atoms with Gasteiger partial charge in [-0.05, 0) is 54.0 Å². The van der Waals surface area contributed by atoms with Crippen LogP contribution >= 0.6 is 0 Å². The highest BCUT2D eigenvalue weighted by molar-refractivity contribution is 5.54. The second-order valence-corrected chi connectivity index (χ2v) is 4.85. The molecule has 0 radical (unpaired) electrons. The van der Waals surface area contributed by atoms with Crippen LogP contribution in [0.25, 0.3) is 10.4 Å². The lowest BCUT2D eigenvalue weighted by Crippen LogP contribution is -2.16. The first-order chi connectivity index (χ1) is 8.29. The first kappa shape index (κ1) is 10.5. The van der Waals surface area contributed by atoms with Crippen molar-refractivity contribution in [1.82, 2.24) is 0 Å². The van der Waals surface area contributed by atoms with E-state index < -0.39 is 0 Å². The van der Waals surface area contributed by atoms with Gasteiger partial charge in [0.25, 0.3) is 0 Å². The molecule has 1 aliphatic carbocycles. The van der Waals surface area contributed by atoms with Gasteiger partial charge in [0.15, 0.2) is 0 Å². The molecule has 1 unspecified atom stereocenters. The summed E-state index contributed by atoms with van der Waals surface area (Å²) in [5, 5.41) is 3.61. The van der Waals surface area contributed by atoms with Crippen molar-refractivity contribution in [3.05, 3.63) is 38.8 Å². The Morgan fingerprint density at radius 1 is 1.47 bits per heavy atom. The molecule has 0 saturated carbocycles. The minimum atomic E-state index is 0.0346. The van der Waals surface area contributed by atoms with Crippen LogP contribution in [0.15, 0.2) is 11.2 Å². The van der Waals surface area contributed by atoms with Crippen LogP contribution in [0.3, 0.4) is 0 Å². The second kappa shape index (κ2) is 3.97. The number of hydrogen-bond donors (Lipinski definition) is 0. The topological polar surface area (TPSA) is 58.0 Å². The number of rotatable bonds is 2. The number of ether oxygens (including phenoxy) is 1. The van der Waals surface area contributed by atoms with Crippen molar-refractivity contribution in [2.45, 2.75) is 38.7 Å². The molecule has 1 aromatic carbocycles. The van der Waals surface area contributed by atoms with Gasteiger partial charge in [0.05, 0.1) is 6.54 Å². The summed E-state index contributed by atoms with van der Waals surface area (Å²) in [6.07, 6.45) is 4.46. The average molecular weight is 229 g/mol. The number of nitrogens with zero attached hydrogens (tertiary/aromatic N) is 3. The maximum absolute atomic E-state index is 8.35. The molecule has 3 rings (SSSR count). The molecule has 0 saturated heterocycles. The lowest BCUT2D eigenvalue weighted by molar-refractivity contribution is 0.239. The van der Waals surface area contributed by atoms with Crippen molar-refractivity contribution in [2.75, 3.05) is 6.54 Å². The van der Waals surface area contributed by atoms with Crippen LogP contribution < -0.4 is 4.74 Å². The van der Waals surface area contributed by atoms with Crippen LogP contribution in [0.4, 0.5) is 0 Å². The van der Waals surface area contributed by atoms with Gasteiger partial charge in [-0.15, -0.1) is 0 Å². The number of fused-ring (bicyclic) bond motifs is 3. The standard InChI is InChI=1S/C13H15N3O/c1-8-5-9-6-10(7-15-16-14)17-13(9)12-4-2-3-11(8)12/h5,10H,2-4,6-7H2,1H3. The molecule has 0 fully saturated rings. The summed E-state index contributed by atoms with van der Waals surface area (Å²) in [6, 6.07) is 2.25. The Kier molecular flexibility index (Phi) is 2.45. The molecule has 2 aliphatic rings. The van der Waals surface area contributed by atoms with E-state index in [-0.39, 0.29) is 6.10 Å². The quantitative estimate of drug-likeness (QED) is 0.436. The lowest BCUT2D eigenvalue weighted by Gasteiger charge is -2.11. The van der Waals surface area contributed by atoms with E-state index in [0.717, 1.165) is 18.6 Å². The van der Waals surface area contributed by atoms with Crippen LogP contribution in [0, 0.1) is 6.92 Å². The fourth-order valence-corrected chi connectivity index (χ4v) is 3.02. The van der Waals surface area contributed by atoms with Crippen molar-refractivity contribution in [3.63, 3.8) is 0 Å². The summed E-state index contributed by atoms with van der Waals surface area (Å²) in [5.74, 6) is 1.08. The molecule has 1 atom stereocenters. The van der Waals surface area contributed by atoms with E-state index >= 15 is 0 Å². The van der Waals surface area contributed by atoms with Crippen molar-refractivity contribution in [1.29, 1.82) is 0 Å². The largest absolute Gasteiger partial charge is 0.489 e. The van der Waals surface area contributed by atoms with Crippen LogP contribution in [0.1, 0.15) is 28.7 Å². The van der Waals surface area contributed by atoms with Crippen molar-refractivity contribution >= 4 is 0 Å². The first-order valence-corrected chi connectivity index (χ1v) is 6.11. The van der Waals surface area contributed by atoms with Gasteiger partial charge in [-0.1, -0.05) is 11.2 Å². The Hall–Kier alpha value is -1.67. The fourth-order valence-electron chi connectivity index (χ4n) is 3.02. The Labute approximate surface area is 100 Å². The van der Waals surface area contributed by atoms with Crippen LogP contribution in [-0.2, 0) is 19.3 Å². The molecule has 0 N–H and O–H groups in total. The fraction of sp³-hybridized carbons (Fsp3) is 0.538. The molecule has 1 aliphatic heterocycles. The molecule has 17 heavy (non-hydrogen) atoms. The molecular formula is C13H15N3O. The summed E-state index contributed by atoms with van der Waals surface area (Å²) in [5.41, 5.74) is 13.9. The SMILES string of the molecule is Cc1cc2c(c3c1CCC3)OC(CN=[N+]=[N-])C2. The maximum atomic E-state index is 8.35. The molecular weight excluding hydrogens is 214 g/mol. The molecule has 88 valence electrons. The van der Waals surface area contributed by atoms with E-state index in [9.17, 15) is 0 Å². The van der Waals surface area contributed by atoms with Crippen LogP contribution in [0.2, 0.25) is 0 Å². The van der Waals surface area contributed by atoms with Gasteiger partial charge in [0.1, 0.15) is 11.9 Å². The number of aryl methyl sites for hydroxylation is 1. The Morgan fingerprint density at radius 2 is 2.29 bits per heavy atom. The zero-order chi connectivity index (χ0) is 11.8. The van der Waals surface area contributed by atoms with Crippen LogP contribution in [-0.4, -0.2) is 12.6 Å². The molecule has 0 bridgehead atoms. The highest BCUT2D eigenvalue weighted by atomic mass is 16.5. The predicted octanol–water partition coefficient (Wildman–Crippen LogP) is 3.10. The molecule has 0 spiro atoms. The molecule has 0 aromatic heterocycles. The molecule has 1 aromatic rings. The van der Waals surface area contributed by atoms with Gasteiger partial charge in [-0.2, -0.15) is 0 Å². The van der Waals surface area contributed by atoms with Crippen molar-refractivity contribution < 1.29 is 4.74 Å². The lowest BCUT2D eigenvalue weighted by atomic mass is 9.98. The van der Waals surface area contributed by atoms with E-state index in [1.54, 1.807) is 0 Å². The highest BCUT2D eigenvalue weighted by Gasteiger charge is 2.29. The van der Waals surface area contributed by atoms with E-state index in [1.165, 1.54) is 35.1 Å². The zero-order valence-corrected chi connectivity index (χ0v) is 9.94. The Balaban J connectivity index is 1.95. The summed E-state index contributed by atoms with van der Waals surface area (Å²) < 4.78 is 5.94. The second-order valence-electron chi connectivity index (χ2n) is 4.85. The Bertz CT molecular complexity index is 518. The average Bonchev–Trinajstić information content (AvgIpc) is 2.91. The first-order valence-electron chi connectivity index (χ1n) is 6.11. The minimum Gasteiger partial charge on any atom is -0.489 e. The van der Waals surface area contributed by atoms with Crippen molar-refractivity contribution in [3.8, 4) is 5.75 Å². The maximum Gasteiger partial charge on any atom is 0.126 e. The third kappa shape index (κ3) is 1.65. The van der Waals surface area contributed by atoms with Crippen LogP contribution in [0.5, 0.6) is 5.75 Å². The van der Waals surface area contributed by atoms with Gasteiger partial charge in [-0.3, -0.25) is 0 Å². The van der Waals surface area contributed by atoms with Crippen molar-refractivity contribution in [2.24, 2.45) is 5.11 Å². The molecule has 0 amide bonds. The molecule has 4 heteroatoms. The van der Waals surface area contributed by atoms with Gasteiger partial charge in [0, 0.05) is 11.3 Å². The third-order valence-electron chi connectivity index (χ3n) is 3.73. The normalized spacial score (nSPS) is 20.4. The molecule has 4 nitrogen and oxygen atoms in total. The summed E-state index contributed by atoms with van der Waals surface area (Å²) in [4.78, 5) is 2.80. The highest BCUT2D eigenvalue weighted by Crippen LogP contribution is 2.40. The van der Waals surface area contributed by atoms with Gasteiger partial charge < -0.3 is 4.74 Å². The van der Waals surface area contributed by atoms with Gasteiger partial charge in [0.2, 0.25) is 0 Å². The summed E-state index contributed by atoms with van der Waals surface area (Å²) >= 11 is 0.